The van der Waals surface area contributed by atoms with Gasteiger partial charge in [0.15, 0.2) is 5.78 Å². The van der Waals surface area contributed by atoms with Crippen LogP contribution < -0.4 is 10.9 Å². The van der Waals surface area contributed by atoms with E-state index in [0.717, 1.165) is 11.1 Å². The summed E-state index contributed by atoms with van der Waals surface area (Å²) < 4.78 is 1.51. The second-order valence-corrected chi connectivity index (χ2v) is 5.89. The summed E-state index contributed by atoms with van der Waals surface area (Å²) in [5.41, 5.74) is 3.45. The zero-order chi connectivity index (χ0) is 17.0. The number of pyridine rings is 1. The van der Waals surface area contributed by atoms with Crippen LogP contribution >= 0.6 is 0 Å². The highest BCUT2D eigenvalue weighted by atomic mass is 16.1. The normalized spacial score (nSPS) is 12.2. The van der Waals surface area contributed by atoms with Crippen LogP contribution in [0.25, 0.3) is 22.0 Å². The van der Waals surface area contributed by atoms with Crippen molar-refractivity contribution >= 4 is 28.3 Å². The average Bonchev–Trinajstić information content (AvgIpc) is 2.56. The van der Waals surface area contributed by atoms with E-state index < -0.39 is 0 Å². The topological polar surface area (TPSA) is 68.2 Å². The lowest BCUT2D eigenvalue weighted by atomic mass is 9.83. The molecule has 1 aliphatic rings. The fraction of sp³-hybridized carbons (Fsp3) is 0.105. The van der Waals surface area contributed by atoms with Crippen LogP contribution in [0.15, 0.2) is 47.3 Å². The number of nitrogens with zero attached hydrogens (tertiary/aromatic N) is 1. The molecule has 0 atom stereocenters. The summed E-state index contributed by atoms with van der Waals surface area (Å²) in [4.78, 5) is 36.9. The highest BCUT2D eigenvalue weighted by molar-refractivity contribution is 6.28. The monoisotopic (exact) mass is 318 g/mol. The molecule has 1 amide bonds. The van der Waals surface area contributed by atoms with Gasteiger partial charge in [0.25, 0.3) is 5.56 Å². The standard InChI is InChI=1S/C19H14N2O3/c1-10(22)20-14-7-8-15-17-13(9-16(23)21(15)2)11-5-3-4-6-12(11)19(24)18(14)17/h3-9H,1-2H3,(H,20,22). The van der Waals surface area contributed by atoms with Crippen molar-refractivity contribution in [2.75, 3.05) is 5.32 Å². The van der Waals surface area contributed by atoms with Gasteiger partial charge in [0, 0.05) is 31.0 Å². The Balaban J connectivity index is 2.23. The Morgan fingerprint density at radius 2 is 1.71 bits per heavy atom. The Labute approximate surface area is 137 Å². The molecular formula is C19H14N2O3. The summed E-state index contributed by atoms with van der Waals surface area (Å²) in [6.45, 7) is 1.40. The van der Waals surface area contributed by atoms with E-state index in [2.05, 4.69) is 5.32 Å². The first-order valence-electron chi connectivity index (χ1n) is 7.57. The molecule has 4 rings (SSSR count). The lowest BCUT2D eigenvalue weighted by molar-refractivity contribution is -0.114. The molecule has 1 aliphatic carbocycles. The molecular weight excluding hydrogens is 304 g/mol. The van der Waals surface area contributed by atoms with E-state index >= 15 is 0 Å². The third-order valence-electron chi connectivity index (χ3n) is 4.41. The first kappa shape index (κ1) is 14.4. The molecule has 1 N–H and O–H groups in total. The lowest BCUT2D eigenvalue weighted by Gasteiger charge is -2.23. The van der Waals surface area contributed by atoms with Crippen LogP contribution in [0.4, 0.5) is 5.69 Å². The zero-order valence-electron chi connectivity index (χ0n) is 13.2. The number of carbonyl (C=O) groups is 2. The number of fused-ring (bicyclic) bond motifs is 2. The minimum Gasteiger partial charge on any atom is -0.326 e. The van der Waals surface area contributed by atoms with Gasteiger partial charge in [0.05, 0.1) is 16.8 Å². The molecule has 0 saturated carbocycles. The molecule has 5 nitrogen and oxygen atoms in total. The Morgan fingerprint density at radius 1 is 1.00 bits per heavy atom. The van der Waals surface area contributed by atoms with Gasteiger partial charge in [-0.15, -0.1) is 0 Å². The molecule has 0 spiro atoms. The molecule has 2 aromatic carbocycles. The fourth-order valence-electron chi connectivity index (χ4n) is 3.35. The predicted molar refractivity (Wildman–Crippen MR) is 92.4 cm³/mol. The zero-order valence-corrected chi connectivity index (χ0v) is 13.2. The minimum atomic E-state index is -0.247. The van der Waals surface area contributed by atoms with Crippen molar-refractivity contribution < 1.29 is 9.59 Å². The van der Waals surface area contributed by atoms with Crippen molar-refractivity contribution in [1.29, 1.82) is 0 Å². The van der Waals surface area contributed by atoms with Crippen LogP contribution in [-0.2, 0) is 11.8 Å². The summed E-state index contributed by atoms with van der Waals surface area (Å²) >= 11 is 0. The first-order valence-corrected chi connectivity index (χ1v) is 7.57. The Bertz CT molecular complexity index is 1110. The van der Waals surface area contributed by atoms with E-state index in [0.29, 0.717) is 27.7 Å². The summed E-state index contributed by atoms with van der Waals surface area (Å²) in [7, 11) is 1.67. The summed E-state index contributed by atoms with van der Waals surface area (Å²) in [5, 5.41) is 3.43. The Hall–Kier alpha value is -3.21. The van der Waals surface area contributed by atoms with Gasteiger partial charge in [0.1, 0.15) is 0 Å². The van der Waals surface area contributed by atoms with Gasteiger partial charge in [-0.2, -0.15) is 0 Å². The Morgan fingerprint density at radius 3 is 2.42 bits per heavy atom. The number of hydrogen-bond donors (Lipinski definition) is 1. The van der Waals surface area contributed by atoms with E-state index in [1.807, 2.05) is 12.1 Å². The third-order valence-corrected chi connectivity index (χ3v) is 4.41. The number of hydrogen-bond acceptors (Lipinski definition) is 3. The third kappa shape index (κ3) is 1.84. The number of amides is 1. The largest absolute Gasteiger partial charge is 0.326 e. The number of nitrogens with one attached hydrogen (secondary N) is 1. The first-order chi connectivity index (χ1) is 11.5. The average molecular weight is 318 g/mol. The molecule has 0 aliphatic heterocycles. The molecule has 0 radical (unpaired) electrons. The van der Waals surface area contributed by atoms with Gasteiger partial charge in [0.2, 0.25) is 5.91 Å². The molecule has 0 bridgehead atoms. The summed E-state index contributed by atoms with van der Waals surface area (Å²) in [5.74, 6) is -0.394. The summed E-state index contributed by atoms with van der Waals surface area (Å²) in [6.07, 6.45) is 0. The maximum Gasteiger partial charge on any atom is 0.251 e. The molecule has 0 saturated heterocycles. The van der Waals surface area contributed by atoms with Crippen LogP contribution in [0.1, 0.15) is 22.8 Å². The number of ketones is 1. The van der Waals surface area contributed by atoms with E-state index in [-0.39, 0.29) is 17.2 Å². The van der Waals surface area contributed by atoms with E-state index in [1.54, 1.807) is 37.4 Å². The molecule has 1 aromatic heterocycles. The van der Waals surface area contributed by atoms with Crippen molar-refractivity contribution in [3.05, 3.63) is 63.9 Å². The van der Waals surface area contributed by atoms with Gasteiger partial charge in [-0.25, -0.2) is 0 Å². The number of rotatable bonds is 1. The van der Waals surface area contributed by atoms with Crippen LogP contribution in [0.3, 0.4) is 0 Å². The van der Waals surface area contributed by atoms with Crippen LogP contribution in [-0.4, -0.2) is 16.3 Å². The van der Waals surface area contributed by atoms with Crippen molar-refractivity contribution in [3.63, 3.8) is 0 Å². The molecule has 0 unspecified atom stereocenters. The van der Waals surface area contributed by atoms with Crippen LogP contribution in [0, 0.1) is 0 Å². The van der Waals surface area contributed by atoms with Crippen molar-refractivity contribution in [2.24, 2.45) is 7.05 Å². The van der Waals surface area contributed by atoms with Crippen molar-refractivity contribution in [2.45, 2.75) is 6.92 Å². The molecule has 24 heavy (non-hydrogen) atoms. The second kappa shape index (κ2) is 4.89. The molecule has 3 aromatic rings. The van der Waals surface area contributed by atoms with Gasteiger partial charge >= 0.3 is 0 Å². The quantitative estimate of drug-likeness (QED) is 0.587. The van der Waals surface area contributed by atoms with Gasteiger partial charge in [-0.3, -0.25) is 14.4 Å². The maximum absolute atomic E-state index is 13.1. The van der Waals surface area contributed by atoms with Crippen molar-refractivity contribution in [1.82, 2.24) is 4.57 Å². The minimum absolute atomic E-state index is 0.139. The maximum atomic E-state index is 13.1. The van der Waals surface area contributed by atoms with Gasteiger partial charge in [-0.05, 0) is 23.3 Å². The van der Waals surface area contributed by atoms with Crippen molar-refractivity contribution in [3.8, 4) is 11.1 Å². The van der Waals surface area contributed by atoms with E-state index in [9.17, 15) is 14.4 Å². The number of aryl methyl sites for hydroxylation is 1. The molecule has 0 fully saturated rings. The summed E-state index contributed by atoms with van der Waals surface area (Å²) in [6, 6.07) is 12.2. The van der Waals surface area contributed by atoms with Crippen LogP contribution in [0.5, 0.6) is 0 Å². The number of carbonyl (C=O) groups excluding carboxylic acids is 2. The highest BCUT2D eigenvalue weighted by Crippen LogP contribution is 2.41. The number of benzene rings is 2. The second-order valence-electron chi connectivity index (χ2n) is 5.89. The van der Waals surface area contributed by atoms with E-state index in [1.165, 1.54) is 11.5 Å². The SMILES string of the molecule is CC(=O)Nc1ccc2c3c(cc(=O)n2C)-c2ccccc2C(=O)c13. The smallest absolute Gasteiger partial charge is 0.251 e. The van der Waals surface area contributed by atoms with Gasteiger partial charge in [-0.1, -0.05) is 24.3 Å². The highest BCUT2D eigenvalue weighted by Gasteiger charge is 2.29. The van der Waals surface area contributed by atoms with E-state index in [4.69, 9.17) is 0 Å². The molecule has 1 heterocycles. The molecule has 118 valence electrons. The fourth-order valence-corrected chi connectivity index (χ4v) is 3.35. The van der Waals surface area contributed by atoms with Crippen LogP contribution in [0.2, 0.25) is 0 Å². The van der Waals surface area contributed by atoms with Gasteiger partial charge < -0.3 is 9.88 Å². The number of anilines is 1. The number of aromatic nitrogens is 1. The molecule has 5 heteroatoms. The Kier molecular flexibility index (Phi) is 2.93. The predicted octanol–water partition coefficient (Wildman–Crippen LogP) is 2.71. The lowest BCUT2D eigenvalue weighted by Crippen LogP contribution is -2.21.